The summed E-state index contributed by atoms with van der Waals surface area (Å²) in [6, 6.07) is -0.486. The molecule has 2 aliphatic rings. The average Bonchev–Trinajstić information content (AvgIpc) is 2.64. The summed E-state index contributed by atoms with van der Waals surface area (Å²) in [6.45, 7) is 0. The number of aliphatic hydroxyl groups is 2. The van der Waals surface area contributed by atoms with Gasteiger partial charge in [0, 0.05) is 18.2 Å². The van der Waals surface area contributed by atoms with Gasteiger partial charge in [0.05, 0.1) is 11.1 Å². The summed E-state index contributed by atoms with van der Waals surface area (Å²) in [6.07, 6.45) is -0.223. The van der Waals surface area contributed by atoms with Crippen molar-refractivity contribution >= 4 is 23.4 Å². The van der Waals surface area contributed by atoms with E-state index in [1.807, 2.05) is 5.32 Å². The number of phenolic OH excluding ortho intramolecular Hbond substituents is 2. The molecule has 1 unspecified atom stereocenters. The number of phenols is 2. The molecule has 0 saturated carbocycles. The smallest absolute Gasteiger partial charge is 0.281 e. The van der Waals surface area contributed by atoms with E-state index in [1.54, 1.807) is 0 Å². The number of hydrogen-bond donors (Lipinski definition) is 6. The highest BCUT2D eigenvalue weighted by Crippen LogP contribution is 2.47. The Morgan fingerprint density at radius 1 is 1.26 bits per heavy atom. The molecule has 1 saturated heterocycles. The van der Waals surface area contributed by atoms with Gasteiger partial charge in [0.1, 0.15) is 6.04 Å². The largest absolute Gasteiger partial charge is 0.504 e. The van der Waals surface area contributed by atoms with Gasteiger partial charge in [-0.05, 0) is 6.42 Å². The first-order chi connectivity index (χ1) is 10.7. The number of rotatable bonds is 1. The van der Waals surface area contributed by atoms with Gasteiger partial charge in [-0.15, -0.1) is 0 Å². The van der Waals surface area contributed by atoms with Gasteiger partial charge < -0.3 is 26.2 Å². The number of fused-ring (bicyclic) bond motifs is 1. The third-order valence-electron chi connectivity index (χ3n) is 3.94. The minimum Gasteiger partial charge on any atom is -0.504 e. The average molecular weight is 323 g/mol. The molecule has 10 nitrogen and oxygen atoms in total. The number of benzene rings is 1. The van der Waals surface area contributed by atoms with Crippen LogP contribution in [0.4, 0.5) is 5.69 Å². The van der Waals surface area contributed by atoms with Crippen LogP contribution in [0.1, 0.15) is 28.8 Å². The Balaban J connectivity index is 2.14. The second kappa shape index (κ2) is 4.57. The van der Waals surface area contributed by atoms with Crippen molar-refractivity contribution in [1.82, 2.24) is 10.2 Å². The van der Waals surface area contributed by atoms with Crippen LogP contribution >= 0.6 is 0 Å². The second-order valence-corrected chi connectivity index (χ2v) is 5.36. The Bertz CT molecular complexity index is 758. The van der Waals surface area contributed by atoms with Crippen LogP contribution in [0, 0.1) is 0 Å². The molecule has 1 aromatic carbocycles. The molecule has 3 rings (SSSR count). The first-order valence-corrected chi connectivity index (χ1v) is 6.63. The van der Waals surface area contributed by atoms with E-state index in [2.05, 4.69) is 0 Å². The predicted molar refractivity (Wildman–Crippen MR) is 72.6 cm³/mol. The Morgan fingerprint density at radius 2 is 1.91 bits per heavy atom. The van der Waals surface area contributed by atoms with Gasteiger partial charge >= 0.3 is 0 Å². The molecule has 2 heterocycles. The van der Waals surface area contributed by atoms with E-state index in [1.165, 1.54) is 0 Å². The lowest BCUT2D eigenvalue weighted by Gasteiger charge is -2.36. The molecule has 122 valence electrons. The lowest BCUT2D eigenvalue weighted by molar-refractivity contribution is -0.258. The van der Waals surface area contributed by atoms with Gasteiger partial charge in [-0.1, -0.05) is 0 Å². The molecule has 0 aliphatic carbocycles. The number of imide groups is 1. The predicted octanol–water partition coefficient (Wildman–Crippen LogP) is -1.96. The van der Waals surface area contributed by atoms with Crippen LogP contribution in [0.25, 0.3) is 0 Å². The zero-order valence-corrected chi connectivity index (χ0v) is 11.6. The van der Waals surface area contributed by atoms with Crippen molar-refractivity contribution in [2.24, 2.45) is 0 Å². The number of amides is 3. The van der Waals surface area contributed by atoms with Gasteiger partial charge in [0.2, 0.25) is 11.8 Å². The highest BCUT2D eigenvalue weighted by atomic mass is 16.5. The summed E-state index contributed by atoms with van der Waals surface area (Å²) < 4.78 is 0. The standard InChI is InChI=1S/C13H13N3O7/c14-4-3-6(17)10(19)8-9(4)13(22,23)16(12(8)21)5-1-2-7(18)15-11(5)20/h3,5,17,19,22-23H,1-2,14H2,(H,15,18,20). The molecule has 2 aliphatic heterocycles. The van der Waals surface area contributed by atoms with E-state index in [4.69, 9.17) is 5.73 Å². The quantitative estimate of drug-likeness (QED) is 0.113. The van der Waals surface area contributed by atoms with Gasteiger partial charge in [-0.3, -0.25) is 24.6 Å². The number of nitrogens with two attached hydrogens (primary N) is 1. The second-order valence-electron chi connectivity index (χ2n) is 5.36. The minimum atomic E-state index is -2.97. The number of aromatic hydroxyl groups is 2. The molecule has 3 amide bonds. The van der Waals surface area contributed by atoms with Gasteiger partial charge in [0.15, 0.2) is 11.5 Å². The first kappa shape index (κ1) is 15.1. The summed E-state index contributed by atoms with van der Waals surface area (Å²) in [5, 5.41) is 42.0. The molecule has 0 radical (unpaired) electrons. The summed E-state index contributed by atoms with van der Waals surface area (Å²) in [7, 11) is 0. The number of carbonyl (C=O) groups excluding carboxylic acids is 3. The maximum Gasteiger partial charge on any atom is 0.281 e. The van der Waals surface area contributed by atoms with E-state index in [-0.39, 0.29) is 18.5 Å². The fourth-order valence-electron chi connectivity index (χ4n) is 2.92. The van der Waals surface area contributed by atoms with Crippen LogP contribution in [0.2, 0.25) is 0 Å². The third-order valence-corrected chi connectivity index (χ3v) is 3.94. The number of nitrogen functional groups attached to an aromatic ring is 1. The molecule has 1 aromatic rings. The van der Waals surface area contributed by atoms with Crippen molar-refractivity contribution in [3.8, 4) is 11.5 Å². The van der Waals surface area contributed by atoms with Gasteiger partial charge in [0.25, 0.3) is 11.8 Å². The molecule has 0 spiro atoms. The Morgan fingerprint density at radius 3 is 2.52 bits per heavy atom. The molecular weight excluding hydrogens is 310 g/mol. The monoisotopic (exact) mass is 323 g/mol. The Labute approximate surface area is 128 Å². The van der Waals surface area contributed by atoms with Crippen LogP contribution in [0.5, 0.6) is 11.5 Å². The Kier molecular flexibility index (Phi) is 2.99. The van der Waals surface area contributed by atoms with Crippen molar-refractivity contribution in [3.63, 3.8) is 0 Å². The van der Waals surface area contributed by atoms with Gasteiger partial charge in [-0.25, -0.2) is 0 Å². The SMILES string of the molecule is Nc1cc(O)c(O)c2c1C(O)(O)N(C1CCC(=O)NC1=O)C2=O. The molecule has 0 aromatic heterocycles. The maximum atomic E-state index is 12.5. The Hall–Kier alpha value is -2.85. The highest BCUT2D eigenvalue weighted by Gasteiger charge is 2.56. The summed E-state index contributed by atoms with van der Waals surface area (Å²) in [4.78, 5) is 36.0. The van der Waals surface area contributed by atoms with E-state index in [9.17, 15) is 34.8 Å². The molecule has 7 N–H and O–H groups in total. The lowest BCUT2D eigenvalue weighted by atomic mass is 10.0. The van der Waals surface area contributed by atoms with Crippen LogP contribution in [-0.2, 0) is 15.5 Å². The first-order valence-electron chi connectivity index (χ1n) is 6.63. The fraction of sp³-hybridized carbons (Fsp3) is 0.308. The van der Waals surface area contributed by atoms with Gasteiger partial charge in [-0.2, -0.15) is 0 Å². The fourth-order valence-corrected chi connectivity index (χ4v) is 2.92. The molecule has 1 atom stereocenters. The highest BCUT2D eigenvalue weighted by molar-refractivity contribution is 6.08. The summed E-state index contributed by atoms with van der Waals surface area (Å²) in [5.74, 6) is -7.07. The number of carbonyl (C=O) groups is 3. The molecule has 23 heavy (non-hydrogen) atoms. The van der Waals surface area contributed by atoms with Crippen LogP contribution in [0.15, 0.2) is 6.07 Å². The van der Waals surface area contributed by atoms with Crippen molar-refractivity contribution in [2.75, 3.05) is 5.73 Å². The van der Waals surface area contributed by atoms with Crippen LogP contribution in [0.3, 0.4) is 0 Å². The maximum absolute atomic E-state index is 12.5. The number of hydrogen-bond acceptors (Lipinski definition) is 8. The molecule has 1 fully saturated rings. The third kappa shape index (κ3) is 1.92. The zero-order valence-electron chi connectivity index (χ0n) is 11.6. The van der Waals surface area contributed by atoms with E-state index in [0.717, 1.165) is 6.07 Å². The van der Waals surface area contributed by atoms with E-state index < -0.39 is 52.3 Å². The van der Waals surface area contributed by atoms with E-state index in [0.29, 0.717) is 4.90 Å². The molecular formula is C13H13N3O7. The van der Waals surface area contributed by atoms with Crippen LogP contribution in [-0.4, -0.2) is 49.1 Å². The van der Waals surface area contributed by atoms with Crippen molar-refractivity contribution in [3.05, 3.63) is 17.2 Å². The molecule has 0 bridgehead atoms. The van der Waals surface area contributed by atoms with Crippen molar-refractivity contribution < 1.29 is 34.8 Å². The number of nitrogens with zero attached hydrogens (tertiary/aromatic N) is 1. The number of nitrogens with one attached hydrogen (secondary N) is 1. The van der Waals surface area contributed by atoms with Crippen molar-refractivity contribution in [2.45, 2.75) is 24.8 Å². The number of piperidine rings is 1. The lowest BCUT2D eigenvalue weighted by Crippen LogP contribution is -2.58. The zero-order chi connectivity index (χ0) is 17.1. The normalized spacial score (nSPS) is 23.0. The molecule has 10 heteroatoms. The van der Waals surface area contributed by atoms with Crippen LogP contribution < -0.4 is 11.1 Å². The minimum absolute atomic E-state index is 0.0979. The topological polar surface area (TPSA) is 173 Å². The van der Waals surface area contributed by atoms with Crippen molar-refractivity contribution in [1.29, 1.82) is 0 Å². The summed E-state index contributed by atoms with van der Waals surface area (Å²) in [5.41, 5.74) is 4.13. The van der Waals surface area contributed by atoms with E-state index >= 15 is 0 Å². The summed E-state index contributed by atoms with van der Waals surface area (Å²) >= 11 is 0. The number of anilines is 1.